The van der Waals surface area contributed by atoms with Gasteiger partial charge in [-0.05, 0) is 42.5 Å². The molecule has 0 saturated heterocycles. The third-order valence-electron chi connectivity index (χ3n) is 5.25. The summed E-state index contributed by atoms with van der Waals surface area (Å²) in [5.41, 5.74) is 1.95. The lowest BCUT2D eigenvalue weighted by molar-refractivity contribution is 0.480. The van der Waals surface area contributed by atoms with Gasteiger partial charge in [-0.2, -0.15) is 5.26 Å². The van der Waals surface area contributed by atoms with E-state index in [4.69, 9.17) is 4.74 Å². The van der Waals surface area contributed by atoms with Gasteiger partial charge in [-0.15, -0.1) is 11.3 Å². The summed E-state index contributed by atoms with van der Waals surface area (Å²) >= 11 is 1.13. The Kier molecular flexibility index (Phi) is 6.59. The molecule has 8 nitrogen and oxygen atoms in total. The van der Waals surface area contributed by atoms with Gasteiger partial charge in [-0.1, -0.05) is 18.2 Å². The summed E-state index contributed by atoms with van der Waals surface area (Å²) in [6.45, 7) is 0. The average Bonchev–Trinajstić information content (AvgIpc) is 3.42. The minimum absolute atomic E-state index is 0.00247. The van der Waals surface area contributed by atoms with Gasteiger partial charge < -0.3 is 4.74 Å². The summed E-state index contributed by atoms with van der Waals surface area (Å²) in [5.74, 6) is -0.0156. The summed E-state index contributed by atoms with van der Waals surface area (Å²) in [4.78, 5) is 12.3. The SMILES string of the molecule is N#Cc1cc(S(=O)(=O)Nc2nccs2)ccc1Oc1cnc(-c2ccccc2F)cc1-c1cccnc1. The van der Waals surface area contributed by atoms with Gasteiger partial charge in [0.25, 0.3) is 10.0 Å². The first-order valence-electron chi connectivity index (χ1n) is 10.7. The zero-order chi connectivity index (χ0) is 25.8. The van der Waals surface area contributed by atoms with Gasteiger partial charge in [0.15, 0.2) is 10.9 Å². The Morgan fingerprint density at radius 3 is 2.54 bits per heavy atom. The predicted molar refractivity (Wildman–Crippen MR) is 137 cm³/mol. The molecule has 182 valence electrons. The first-order valence-corrected chi connectivity index (χ1v) is 13.1. The molecule has 5 aromatic rings. The molecule has 0 aliphatic heterocycles. The highest BCUT2D eigenvalue weighted by atomic mass is 32.2. The van der Waals surface area contributed by atoms with Crippen molar-refractivity contribution in [2.75, 3.05) is 4.72 Å². The molecule has 0 fully saturated rings. The van der Waals surface area contributed by atoms with Crippen LogP contribution in [-0.2, 0) is 10.0 Å². The third kappa shape index (κ3) is 5.16. The second-order valence-corrected chi connectivity index (χ2v) is 10.2. The first-order chi connectivity index (χ1) is 17.9. The van der Waals surface area contributed by atoms with Crippen molar-refractivity contribution in [1.82, 2.24) is 15.0 Å². The van der Waals surface area contributed by atoms with Crippen molar-refractivity contribution in [3.8, 4) is 40.0 Å². The van der Waals surface area contributed by atoms with E-state index in [-0.39, 0.29) is 27.1 Å². The van der Waals surface area contributed by atoms with Crippen molar-refractivity contribution >= 4 is 26.5 Å². The highest BCUT2D eigenvalue weighted by Crippen LogP contribution is 2.37. The van der Waals surface area contributed by atoms with Crippen molar-refractivity contribution < 1.29 is 17.5 Å². The second-order valence-electron chi connectivity index (χ2n) is 7.60. The molecule has 0 radical (unpaired) electrons. The van der Waals surface area contributed by atoms with Gasteiger partial charge in [0.05, 0.1) is 22.3 Å². The molecule has 0 unspecified atom stereocenters. The second kappa shape index (κ2) is 10.1. The average molecular weight is 530 g/mol. The van der Waals surface area contributed by atoms with Crippen LogP contribution >= 0.6 is 11.3 Å². The molecule has 11 heteroatoms. The number of nitriles is 1. The Balaban J connectivity index is 1.53. The zero-order valence-corrected chi connectivity index (χ0v) is 20.5. The fraction of sp³-hybridized carbons (Fsp3) is 0. The number of nitrogens with zero attached hydrogens (tertiary/aromatic N) is 4. The number of sulfonamides is 1. The predicted octanol–water partition coefficient (Wildman–Crippen LogP) is 5.87. The lowest BCUT2D eigenvalue weighted by Crippen LogP contribution is -2.13. The van der Waals surface area contributed by atoms with Crippen LogP contribution in [0.15, 0.2) is 95.7 Å². The fourth-order valence-electron chi connectivity index (χ4n) is 3.51. The number of thiazole rings is 1. The van der Waals surface area contributed by atoms with Crippen LogP contribution in [-0.4, -0.2) is 23.4 Å². The largest absolute Gasteiger partial charge is 0.454 e. The van der Waals surface area contributed by atoms with Crippen LogP contribution in [0.4, 0.5) is 9.52 Å². The minimum atomic E-state index is -3.96. The van der Waals surface area contributed by atoms with Crippen molar-refractivity contribution in [2.24, 2.45) is 0 Å². The summed E-state index contributed by atoms with van der Waals surface area (Å²) in [5, 5.41) is 11.6. The van der Waals surface area contributed by atoms with Crippen molar-refractivity contribution in [1.29, 1.82) is 5.26 Å². The highest BCUT2D eigenvalue weighted by Gasteiger charge is 2.20. The van der Waals surface area contributed by atoms with Gasteiger partial charge in [0, 0.05) is 40.7 Å². The summed E-state index contributed by atoms with van der Waals surface area (Å²) in [6.07, 6.45) is 6.15. The van der Waals surface area contributed by atoms with Gasteiger partial charge in [0.2, 0.25) is 0 Å². The van der Waals surface area contributed by atoms with E-state index in [0.717, 1.165) is 11.3 Å². The van der Waals surface area contributed by atoms with Gasteiger partial charge in [-0.25, -0.2) is 17.8 Å². The molecule has 0 saturated carbocycles. The van der Waals surface area contributed by atoms with Gasteiger partial charge in [-0.3, -0.25) is 14.7 Å². The molecule has 0 spiro atoms. The molecule has 0 aliphatic carbocycles. The van der Waals surface area contributed by atoms with E-state index in [0.29, 0.717) is 22.4 Å². The van der Waals surface area contributed by atoms with Crippen molar-refractivity contribution in [3.05, 3.63) is 102 Å². The number of anilines is 1. The van der Waals surface area contributed by atoms with Gasteiger partial charge >= 0.3 is 0 Å². The molecule has 2 aromatic carbocycles. The zero-order valence-electron chi connectivity index (χ0n) is 18.9. The topological polar surface area (TPSA) is 118 Å². The maximum atomic E-state index is 14.4. The Labute approximate surface area is 215 Å². The summed E-state index contributed by atoms with van der Waals surface area (Å²) < 4.78 is 48.3. The quantitative estimate of drug-likeness (QED) is 0.280. The van der Waals surface area contributed by atoms with Crippen LogP contribution in [0.3, 0.4) is 0 Å². The van der Waals surface area contributed by atoms with Crippen LogP contribution < -0.4 is 9.46 Å². The van der Waals surface area contributed by atoms with E-state index in [9.17, 15) is 18.1 Å². The highest BCUT2D eigenvalue weighted by molar-refractivity contribution is 7.93. The summed E-state index contributed by atoms with van der Waals surface area (Å²) in [6, 6.07) is 17.4. The number of rotatable bonds is 7. The molecular weight excluding hydrogens is 513 g/mol. The Morgan fingerprint density at radius 2 is 1.81 bits per heavy atom. The smallest absolute Gasteiger partial charge is 0.263 e. The van der Waals surface area contributed by atoms with Crippen LogP contribution in [0.1, 0.15) is 5.56 Å². The number of hydrogen-bond donors (Lipinski definition) is 1. The van der Waals surface area contributed by atoms with E-state index >= 15 is 0 Å². The number of aromatic nitrogens is 3. The standard InChI is InChI=1S/C26H16FN5O3S2/c27-22-6-2-1-5-20(22)23-13-21(17-4-3-9-29-15-17)25(16-31-23)35-24-8-7-19(12-18(24)14-28)37(33,34)32-26-30-10-11-36-26/h1-13,15-16H,(H,30,32). The molecule has 0 amide bonds. The molecular formula is C26H16FN5O3S2. The van der Waals surface area contributed by atoms with Crippen LogP contribution in [0.5, 0.6) is 11.5 Å². The number of nitrogens with one attached hydrogen (secondary N) is 1. The molecule has 0 atom stereocenters. The minimum Gasteiger partial charge on any atom is -0.454 e. The Hall–Kier alpha value is -4.66. The lowest BCUT2D eigenvalue weighted by atomic mass is 10.0. The maximum absolute atomic E-state index is 14.4. The molecule has 37 heavy (non-hydrogen) atoms. The molecule has 5 rings (SSSR count). The number of halogens is 1. The molecule has 1 N–H and O–H groups in total. The van der Waals surface area contributed by atoms with Crippen LogP contribution in [0.25, 0.3) is 22.4 Å². The van der Waals surface area contributed by atoms with Crippen molar-refractivity contribution in [3.63, 3.8) is 0 Å². The van der Waals surface area contributed by atoms with E-state index in [2.05, 4.69) is 19.7 Å². The summed E-state index contributed by atoms with van der Waals surface area (Å²) in [7, 11) is -3.96. The molecule has 0 aliphatic rings. The van der Waals surface area contributed by atoms with E-state index in [1.807, 2.05) is 12.1 Å². The van der Waals surface area contributed by atoms with E-state index in [1.165, 1.54) is 36.7 Å². The molecule has 0 bridgehead atoms. The van der Waals surface area contributed by atoms with E-state index < -0.39 is 15.8 Å². The lowest BCUT2D eigenvalue weighted by Gasteiger charge is -2.14. The monoisotopic (exact) mass is 529 g/mol. The van der Waals surface area contributed by atoms with Gasteiger partial charge in [0.1, 0.15) is 17.6 Å². The number of hydrogen-bond acceptors (Lipinski definition) is 8. The maximum Gasteiger partial charge on any atom is 0.263 e. The molecule has 3 aromatic heterocycles. The number of benzene rings is 2. The Bertz CT molecular complexity index is 1720. The Morgan fingerprint density at radius 1 is 0.946 bits per heavy atom. The van der Waals surface area contributed by atoms with Crippen LogP contribution in [0, 0.1) is 17.1 Å². The first kappa shape index (κ1) is 24.1. The van der Waals surface area contributed by atoms with Crippen molar-refractivity contribution in [2.45, 2.75) is 4.90 Å². The van der Waals surface area contributed by atoms with E-state index in [1.54, 1.807) is 48.1 Å². The molecule has 3 heterocycles. The number of pyridine rings is 2. The number of ether oxygens (including phenoxy) is 1. The fourth-order valence-corrected chi connectivity index (χ4v) is 5.32. The third-order valence-corrected chi connectivity index (χ3v) is 7.40. The van der Waals surface area contributed by atoms with Crippen LogP contribution in [0.2, 0.25) is 0 Å². The normalized spacial score (nSPS) is 11.0.